The van der Waals surface area contributed by atoms with Crippen LogP contribution < -0.4 is 10.0 Å². The summed E-state index contributed by atoms with van der Waals surface area (Å²) in [6.45, 7) is 1.89. The standard InChI is InChI=1S/C11H14N4O3S/c1-2-12-10(16)7-13-19(17,18)11-14-8-5-3-4-6-9(8)15-11/h3-6,13H,2,7H2,1H3,(H,12,16)(H,14,15). The molecule has 0 radical (unpaired) electrons. The van der Waals surface area contributed by atoms with Gasteiger partial charge in [0.1, 0.15) is 0 Å². The van der Waals surface area contributed by atoms with Crippen LogP contribution in [0.3, 0.4) is 0 Å². The van der Waals surface area contributed by atoms with Gasteiger partial charge in [0.05, 0.1) is 17.6 Å². The molecule has 2 aromatic rings. The van der Waals surface area contributed by atoms with Gasteiger partial charge in [-0.2, -0.15) is 4.72 Å². The number of sulfonamides is 1. The van der Waals surface area contributed by atoms with Crippen LogP contribution in [0.2, 0.25) is 0 Å². The summed E-state index contributed by atoms with van der Waals surface area (Å²) < 4.78 is 26.0. The molecule has 0 unspecified atom stereocenters. The molecule has 0 spiro atoms. The molecule has 1 heterocycles. The van der Waals surface area contributed by atoms with Crippen LogP contribution in [-0.4, -0.2) is 37.4 Å². The van der Waals surface area contributed by atoms with E-state index in [1.165, 1.54) is 0 Å². The highest BCUT2D eigenvalue weighted by molar-refractivity contribution is 7.89. The molecule has 1 aromatic heterocycles. The van der Waals surface area contributed by atoms with E-state index in [9.17, 15) is 13.2 Å². The Hall–Kier alpha value is -1.93. The van der Waals surface area contributed by atoms with E-state index in [4.69, 9.17) is 0 Å². The Morgan fingerprint density at radius 3 is 2.79 bits per heavy atom. The molecule has 0 fully saturated rings. The summed E-state index contributed by atoms with van der Waals surface area (Å²) in [5.41, 5.74) is 1.18. The predicted molar refractivity (Wildman–Crippen MR) is 70.0 cm³/mol. The number of aromatic amines is 1. The van der Waals surface area contributed by atoms with Gasteiger partial charge in [0, 0.05) is 6.54 Å². The Balaban J connectivity index is 2.17. The van der Waals surface area contributed by atoms with Crippen molar-refractivity contribution >= 4 is 27.0 Å². The first kappa shape index (κ1) is 13.5. The minimum atomic E-state index is -3.81. The summed E-state index contributed by atoms with van der Waals surface area (Å²) in [6, 6.07) is 6.97. The van der Waals surface area contributed by atoms with Crippen molar-refractivity contribution in [2.24, 2.45) is 0 Å². The van der Waals surface area contributed by atoms with Crippen molar-refractivity contribution in [2.75, 3.05) is 13.1 Å². The third-order valence-corrected chi connectivity index (χ3v) is 3.65. The number of likely N-dealkylation sites (N-methyl/N-ethyl adjacent to an activating group) is 1. The number of rotatable bonds is 5. The highest BCUT2D eigenvalue weighted by Crippen LogP contribution is 2.13. The quantitative estimate of drug-likeness (QED) is 0.716. The molecule has 3 N–H and O–H groups in total. The molecule has 0 atom stereocenters. The zero-order valence-electron chi connectivity index (χ0n) is 10.3. The minimum Gasteiger partial charge on any atom is -0.355 e. The molecule has 102 valence electrons. The highest BCUT2D eigenvalue weighted by atomic mass is 32.2. The molecule has 0 bridgehead atoms. The van der Waals surface area contributed by atoms with Gasteiger partial charge >= 0.3 is 0 Å². The SMILES string of the molecule is CCNC(=O)CNS(=O)(=O)c1nc2ccccc2[nH]1. The molecule has 2 rings (SSSR count). The number of carbonyl (C=O) groups excluding carboxylic acids is 1. The maximum atomic E-state index is 11.9. The average molecular weight is 282 g/mol. The normalized spacial score (nSPS) is 11.6. The number of carbonyl (C=O) groups is 1. The van der Waals surface area contributed by atoms with Crippen molar-refractivity contribution < 1.29 is 13.2 Å². The van der Waals surface area contributed by atoms with E-state index in [0.717, 1.165) is 0 Å². The second kappa shape index (κ2) is 5.37. The second-order valence-corrected chi connectivity index (χ2v) is 5.52. The van der Waals surface area contributed by atoms with Crippen LogP contribution in [-0.2, 0) is 14.8 Å². The molecule has 0 aliphatic carbocycles. The lowest BCUT2D eigenvalue weighted by Crippen LogP contribution is -2.37. The van der Waals surface area contributed by atoms with E-state index in [0.29, 0.717) is 17.6 Å². The van der Waals surface area contributed by atoms with E-state index in [1.807, 2.05) is 0 Å². The van der Waals surface area contributed by atoms with Crippen molar-refractivity contribution in [1.29, 1.82) is 0 Å². The number of para-hydroxylation sites is 2. The topological polar surface area (TPSA) is 104 Å². The van der Waals surface area contributed by atoms with Gasteiger partial charge in [-0.1, -0.05) is 12.1 Å². The number of fused-ring (bicyclic) bond motifs is 1. The van der Waals surface area contributed by atoms with E-state index >= 15 is 0 Å². The highest BCUT2D eigenvalue weighted by Gasteiger charge is 2.19. The summed E-state index contributed by atoms with van der Waals surface area (Å²) in [7, 11) is -3.81. The number of aromatic nitrogens is 2. The molecule has 0 saturated carbocycles. The van der Waals surface area contributed by atoms with Crippen molar-refractivity contribution in [3.05, 3.63) is 24.3 Å². The number of hydrogen-bond acceptors (Lipinski definition) is 4. The molecular formula is C11H14N4O3S. The average Bonchev–Trinajstić information content (AvgIpc) is 2.81. The van der Waals surface area contributed by atoms with Crippen LogP contribution in [0.25, 0.3) is 11.0 Å². The van der Waals surface area contributed by atoms with Gasteiger partial charge in [0.15, 0.2) is 0 Å². The molecule has 0 aliphatic rings. The smallest absolute Gasteiger partial charge is 0.274 e. The molecule has 0 saturated heterocycles. The van der Waals surface area contributed by atoms with Crippen molar-refractivity contribution in [3.8, 4) is 0 Å². The third kappa shape index (κ3) is 3.09. The first-order chi connectivity index (χ1) is 9.03. The molecule has 7 nitrogen and oxygen atoms in total. The Kier molecular flexibility index (Phi) is 3.82. The van der Waals surface area contributed by atoms with E-state index in [-0.39, 0.29) is 17.6 Å². The Labute approximate surface area is 110 Å². The summed E-state index contributed by atoms with van der Waals surface area (Å²) in [6.07, 6.45) is 0. The summed E-state index contributed by atoms with van der Waals surface area (Å²) in [5, 5.41) is 2.30. The van der Waals surface area contributed by atoms with Gasteiger partial charge < -0.3 is 10.3 Å². The molecule has 0 aliphatic heterocycles. The summed E-state index contributed by atoms with van der Waals surface area (Å²) in [4.78, 5) is 17.9. The number of nitrogens with one attached hydrogen (secondary N) is 3. The predicted octanol–water partition coefficient (Wildman–Crippen LogP) is -0.0227. The number of H-pyrrole nitrogens is 1. The zero-order valence-corrected chi connectivity index (χ0v) is 11.1. The van der Waals surface area contributed by atoms with E-state index in [1.54, 1.807) is 31.2 Å². The Morgan fingerprint density at radius 2 is 2.11 bits per heavy atom. The van der Waals surface area contributed by atoms with Crippen LogP contribution in [0, 0.1) is 0 Å². The van der Waals surface area contributed by atoms with Crippen molar-refractivity contribution in [3.63, 3.8) is 0 Å². The summed E-state index contributed by atoms with van der Waals surface area (Å²) in [5.74, 6) is -0.387. The van der Waals surface area contributed by atoms with Gasteiger partial charge in [-0.25, -0.2) is 13.4 Å². The minimum absolute atomic E-state index is 0.196. The summed E-state index contributed by atoms with van der Waals surface area (Å²) >= 11 is 0. The number of hydrogen-bond donors (Lipinski definition) is 3. The van der Waals surface area contributed by atoms with Gasteiger partial charge in [-0.05, 0) is 19.1 Å². The number of imidazole rings is 1. The van der Waals surface area contributed by atoms with Gasteiger partial charge in [-0.15, -0.1) is 0 Å². The first-order valence-electron chi connectivity index (χ1n) is 5.74. The Morgan fingerprint density at radius 1 is 1.37 bits per heavy atom. The molecular weight excluding hydrogens is 268 g/mol. The fraction of sp³-hybridized carbons (Fsp3) is 0.273. The Bertz CT molecular complexity index is 660. The first-order valence-corrected chi connectivity index (χ1v) is 7.22. The lowest BCUT2D eigenvalue weighted by Gasteiger charge is -2.03. The molecule has 1 amide bonds. The third-order valence-electron chi connectivity index (χ3n) is 2.42. The van der Waals surface area contributed by atoms with E-state index in [2.05, 4.69) is 20.0 Å². The van der Waals surface area contributed by atoms with Gasteiger partial charge in [0.2, 0.25) is 11.1 Å². The van der Waals surface area contributed by atoms with Crippen LogP contribution in [0.5, 0.6) is 0 Å². The molecule has 1 aromatic carbocycles. The number of amides is 1. The van der Waals surface area contributed by atoms with E-state index < -0.39 is 10.0 Å². The zero-order chi connectivity index (χ0) is 13.9. The second-order valence-electron chi connectivity index (χ2n) is 3.84. The largest absolute Gasteiger partial charge is 0.355 e. The van der Waals surface area contributed by atoms with Crippen LogP contribution in [0.15, 0.2) is 29.4 Å². The lowest BCUT2D eigenvalue weighted by atomic mass is 10.3. The maximum Gasteiger partial charge on any atom is 0.274 e. The molecule has 19 heavy (non-hydrogen) atoms. The van der Waals surface area contributed by atoms with Crippen LogP contribution in [0.4, 0.5) is 0 Å². The van der Waals surface area contributed by atoms with Crippen molar-refractivity contribution in [2.45, 2.75) is 12.1 Å². The lowest BCUT2D eigenvalue weighted by molar-refractivity contribution is -0.119. The van der Waals surface area contributed by atoms with Crippen LogP contribution in [0.1, 0.15) is 6.92 Å². The fourth-order valence-corrected chi connectivity index (χ4v) is 2.47. The van der Waals surface area contributed by atoms with Gasteiger partial charge in [-0.3, -0.25) is 4.79 Å². The van der Waals surface area contributed by atoms with Gasteiger partial charge in [0.25, 0.3) is 10.0 Å². The van der Waals surface area contributed by atoms with Crippen LogP contribution >= 0.6 is 0 Å². The molecule has 8 heteroatoms. The fourth-order valence-electron chi connectivity index (χ4n) is 1.55. The number of nitrogens with zero attached hydrogens (tertiary/aromatic N) is 1. The van der Waals surface area contributed by atoms with Crippen molar-refractivity contribution in [1.82, 2.24) is 20.0 Å². The monoisotopic (exact) mass is 282 g/mol. The number of benzene rings is 1. The maximum absolute atomic E-state index is 11.9.